The van der Waals surface area contributed by atoms with Gasteiger partial charge in [-0.15, -0.1) is 0 Å². The summed E-state index contributed by atoms with van der Waals surface area (Å²) in [5, 5.41) is 8.41. The summed E-state index contributed by atoms with van der Waals surface area (Å²) >= 11 is 0. The molecule has 132 valence electrons. The van der Waals surface area contributed by atoms with E-state index in [1.165, 1.54) is 32.6 Å². The van der Waals surface area contributed by atoms with Crippen LogP contribution in [0.15, 0.2) is 24.3 Å². The monoisotopic (exact) mass is 332 g/mol. The molecule has 24 heavy (non-hydrogen) atoms. The summed E-state index contributed by atoms with van der Waals surface area (Å²) in [7, 11) is 0. The van der Waals surface area contributed by atoms with Crippen LogP contribution < -0.4 is 16.0 Å². The molecular weight excluding hydrogens is 304 g/mol. The molecule has 0 unspecified atom stereocenters. The van der Waals surface area contributed by atoms with E-state index in [1.807, 2.05) is 0 Å². The average molecular weight is 332 g/mol. The van der Waals surface area contributed by atoms with Crippen molar-refractivity contribution >= 4 is 23.3 Å². The van der Waals surface area contributed by atoms with Crippen molar-refractivity contribution in [3.63, 3.8) is 0 Å². The van der Waals surface area contributed by atoms with E-state index in [1.54, 1.807) is 24.3 Å². The van der Waals surface area contributed by atoms with E-state index in [0.717, 1.165) is 13.1 Å². The van der Waals surface area contributed by atoms with Crippen molar-refractivity contribution in [2.75, 3.05) is 30.3 Å². The van der Waals surface area contributed by atoms with Crippen LogP contribution in [0.2, 0.25) is 0 Å². The lowest BCUT2D eigenvalue weighted by Gasteiger charge is -2.35. The Hall–Kier alpha value is -2.08. The van der Waals surface area contributed by atoms with Crippen LogP contribution in [0.1, 0.15) is 39.5 Å². The number of anilines is 2. The van der Waals surface area contributed by atoms with Crippen LogP contribution in [0.3, 0.4) is 0 Å². The van der Waals surface area contributed by atoms with Gasteiger partial charge in [0, 0.05) is 37.4 Å². The molecule has 0 bridgehead atoms. The second-order valence-electron chi connectivity index (χ2n) is 6.23. The average Bonchev–Trinajstić information content (AvgIpc) is 2.56. The number of hydrogen-bond donors (Lipinski definition) is 3. The highest BCUT2D eigenvalue weighted by atomic mass is 16.2. The largest absolute Gasteiger partial charge is 0.337 e. The van der Waals surface area contributed by atoms with Crippen LogP contribution in [-0.2, 0) is 4.79 Å². The van der Waals surface area contributed by atoms with Crippen molar-refractivity contribution in [3.05, 3.63) is 24.3 Å². The highest BCUT2D eigenvalue weighted by Gasteiger charge is 2.20. The molecule has 1 aliphatic heterocycles. The maximum Gasteiger partial charge on any atom is 0.319 e. The van der Waals surface area contributed by atoms with Gasteiger partial charge in [0.2, 0.25) is 5.91 Å². The van der Waals surface area contributed by atoms with E-state index in [-0.39, 0.29) is 11.9 Å². The fourth-order valence-electron chi connectivity index (χ4n) is 3.15. The summed E-state index contributed by atoms with van der Waals surface area (Å²) in [6.45, 7) is 6.37. The van der Waals surface area contributed by atoms with Gasteiger partial charge in [0.05, 0.1) is 0 Å². The van der Waals surface area contributed by atoms with Crippen molar-refractivity contribution in [2.24, 2.45) is 0 Å². The maximum absolute atomic E-state index is 12.0. The van der Waals surface area contributed by atoms with Crippen LogP contribution in [0.25, 0.3) is 0 Å². The molecule has 0 spiro atoms. The zero-order chi connectivity index (χ0) is 17.4. The number of piperidine rings is 1. The Kier molecular flexibility index (Phi) is 7.06. The molecule has 0 saturated carbocycles. The van der Waals surface area contributed by atoms with E-state index in [0.29, 0.717) is 24.0 Å². The molecule has 1 aromatic carbocycles. The Morgan fingerprint density at radius 3 is 2.42 bits per heavy atom. The molecule has 3 N–H and O–H groups in total. The lowest BCUT2D eigenvalue weighted by atomic mass is 10.0. The number of likely N-dealkylation sites (tertiary alicyclic amines) is 1. The fourth-order valence-corrected chi connectivity index (χ4v) is 3.15. The molecule has 1 atom stereocenters. The molecule has 1 aromatic rings. The van der Waals surface area contributed by atoms with E-state index in [2.05, 4.69) is 27.8 Å². The minimum Gasteiger partial charge on any atom is -0.337 e. The molecule has 1 aliphatic rings. The van der Waals surface area contributed by atoms with Crippen LogP contribution >= 0.6 is 0 Å². The van der Waals surface area contributed by atoms with Gasteiger partial charge >= 0.3 is 6.03 Å². The van der Waals surface area contributed by atoms with E-state index in [4.69, 9.17) is 0 Å². The van der Waals surface area contributed by atoms with Crippen molar-refractivity contribution in [1.29, 1.82) is 0 Å². The molecule has 6 nitrogen and oxygen atoms in total. The minimum absolute atomic E-state index is 0.114. The molecule has 3 amide bonds. The summed E-state index contributed by atoms with van der Waals surface area (Å²) in [5.41, 5.74) is 1.41. The Balaban J connectivity index is 1.72. The molecule has 1 heterocycles. The van der Waals surface area contributed by atoms with E-state index >= 15 is 0 Å². The normalized spacial score (nSPS) is 18.0. The molecule has 0 radical (unpaired) electrons. The van der Waals surface area contributed by atoms with Gasteiger partial charge in [0.1, 0.15) is 0 Å². The topological polar surface area (TPSA) is 73.5 Å². The minimum atomic E-state index is -0.202. The third-order valence-electron chi connectivity index (χ3n) is 4.37. The van der Waals surface area contributed by atoms with Crippen LogP contribution in [0.5, 0.6) is 0 Å². The van der Waals surface area contributed by atoms with Gasteiger partial charge < -0.3 is 16.0 Å². The van der Waals surface area contributed by atoms with Gasteiger partial charge in [-0.2, -0.15) is 0 Å². The zero-order valence-electron chi connectivity index (χ0n) is 14.6. The smallest absolute Gasteiger partial charge is 0.319 e. The number of carbonyl (C=O) groups excluding carboxylic acids is 2. The summed E-state index contributed by atoms with van der Waals surface area (Å²) in [5.74, 6) is -0.114. The molecule has 6 heteroatoms. The Morgan fingerprint density at radius 2 is 1.79 bits per heavy atom. The van der Waals surface area contributed by atoms with Gasteiger partial charge in [-0.05, 0) is 50.1 Å². The van der Waals surface area contributed by atoms with Gasteiger partial charge in [0.25, 0.3) is 0 Å². The first-order chi connectivity index (χ1) is 11.6. The number of amides is 3. The second kappa shape index (κ2) is 9.27. The van der Waals surface area contributed by atoms with Gasteiger partial charge in [-0.3, -0.25) is 9.69 Å². The number of hydrogen-bond acceptors (Lipinski definition) is 3. The Bertz CT molecular complexity index is 544. The predicted octanol–water partition coefficient (Wildman–Crippen LogP) is 3.03. The Labute approximate surface area is 144 Å². The first-order valence-corrected chi connectivity index (χ1v) is 8.75. The van der Waals surface area contributed by atoms with Crippen molar-refractivity contribution < 1.29 is 9.59 Å². The molecule has 2 rings (SSSR count). The van der Waals surface area contributed by atoms with Gasteiger partial charge in [-0.1, -0.05) is 13.3 Å². The highest BCUT2D eigenvalue weighted by Crippen LogP contribution is 2.18. The third-order valence-corrected chi connectivity index (χ3v) is 4.37. The number of nitrogens with one attached hydrogen (secondary N) is 3. The molecular formula is C18H28N4O2. The maximum atomic E-state index is 12.0. The summed E-state index contributed by atoms with van der Waals surface area (Å²) in [4.78, 5) is 25.4. The Morgan fingerprint density at radius 1 is 1.12 bits per heavy atom. The number of urea groups is 1. The van der Waals surface area contributed by atoms with Crippen molar-refractivity contribution in [2.45, 2.75) is 45.6 Å². The number of nitrogens with zero attached hydrogens (tertiary/aromatic N) is 1. The summed E-state index contributed by atoms with van der Waals surface area (Å²) in [6, 6.07) is 7.51. The molecule has 0 aliphatic carbocycles. The molecule has 1 fully saturated rings. The highest BCUT2D eigenvalue weighted by molar-refractivity contribution is 5.91. The van der Waals surface area contributed by atoms with E-state index in [9.17, 15) is 9.59 Å². The number of carbonyl (C=O) groups is 2. The van der Waals surface area contributed by atoms with Gasteiger partial charge in [0.15, 0.2) is 0 Å². The van der Waals surface area contributed by atoms with Crippen molar-refractivity contribution in [1.82, 2.24) is 10.2 Å². The fraction of sp³-hybridized carbons (Fsp3) is 0.556. The summed E-state index contributed by atoms with van der Waals surface area (Å²) in [6.07, 6.45) is 5.01. The first-order valence-electron chi connectivity index (χ1n) is 8.75. The standard InChI is InChI=1S/C18H28N4O2/c1-3-17-6-4-5-12-22(17)13-11-19-18(24)21-16-9-7-15(8-10-16)20-14(2)23/h7-10,17H,3-6,11-13H2,1-2H3,(H,20,23)(H2,19,21,24)/t17-/m1/s1. The van der Waals surface area contributed by atoms with Crippen molar-refractivity contribution in [3.8, 4) is 0 Å². The molecule has 0 aromatic heterocycles. The summed E-state index contributed by atoms with van der Waals surface area (Å²) < 4.78 is 0. The van der Waals surface area contributed by atoms with Crippen LogP contribution in [0, 0.1) is 0 Å². The molecule has 1 saturated heterocycles. The number of rotatable bonds is 6. The van der Waals surface area contributed by atoms with E-state index < -0.39 is 0 Å². The SMILES string of the molecule is CC[C@@H]1CCCCN1CCNC(=O)Nc1ccc(NC(C)=O)cc1. The first kappa shape index (κ1) is 18.3. The second-order valence-corrected chi connectivity index (χ2v) is 6.23. The lowest BCUT2D eigenvalue weighted by molar-refractivity contribution is -0.114. The van der Waals surface area contributed by atoms with Crippen LogP contribution in [-0.4, -0.2) is 42.5 Å². The number of benzene rings is 1. The third kappa shape index (κ3) is 5.85. The lowest BCUT2D eigenvalue weighted by Crippen LogP contribution is -2.44. The van der Waals surface area contributed by atoms with Gasteiger partial charge in [-0.25, -0.2) is 4.79 Å². The zero-order valence-corrected chi connectivity index (χ0v) is 14.6. The predicted molar refractivity (Wildman–Crippen MR) is 97.3 cm³/mol. The quantitative estimate of drug-likeness (QED) is 0.750. The van der Waals surface area contributed by atoms with Crippen LogP contribution in [0.4, 0.5) is 16.2 Å².